The molecule has 1 fully saturated rings. The Labute approximate surface area is 158 Å². The van der Waals surface area contributed by atoms with Crippen molar-refractivity contribution in [1.82, 2.24) is 14.9 Å². The Hall–Kier alpha value is -2.87. The zero-order valence-electron chi connectivity index (χ0n) is 15.8. The van der Waals surface area contributed by atoms with Crippen LogP contribution in [0.1, 0.15) is 5.56 Å². The Balaban J connectivity index is 1.67. The van der Waals surface area contributed by atoms with E-state index in [1.165, 1.54) is 13.4 Å². The number of methoxy groups -OCH3 is 2. The van der Waals surface area contributed by atoms with Gasteiger partial charge >= 0.3 is 0 Å². The smallest absolute Gasteiger partial charge is 0.248 e. The highest BCUT2D eigenvalue weighted by atomic mass is 16.5. The molecule has 0 spiro atoms. The first-order valence-corrected chi connectivity index (χ1v) is 8.77. The summed E-state index contributed by atoms with van der Waals surface area (Å²) in [5.74, 6) is 2.48. The van der Waals surface area contributed by atoms with E-state index < -0.39 is 0 Å². The van der Waals surface area contributed by atoms with Crippen molar-refractivity contribution in [1.29, 1.82) is 0 Å². The van der Waals surface area contributed by atoms with Crippen molar-refractivity contribution in [3.63, 3.8) is 0 Å². The molecule has 8 nitrogen and oxygen atoms in total. The van der Waals surface area contributed by atoms with E-state index in [-0.39, 0.29) is 12.5 Å². The molecule has 0 N–H and O–H groups in total. The molecule has 1 aliphatic rings. The summed E-state index contributed by atoms with van der Waals surface area (Å²) in [5.41, 5.74) is 1.09. The molecule has 0 unspecified atom stereocenters. The second-order valence-corrected chi connectivity index (χ2v) is 6.27. The minimum absolute atomic E-state index is 0.00956. The van der Waals surface area contributed by atoms with Crippen LogP contribution < -0.4 is 14.4 Å². The van der Waals surface area contributed by atoms with E-state index in [1.54, 1.807) is 18.1 Å². The number of amides is 1. The van der Waals surface area contributed by atoms with Gasteiger partial charge in [-0.1, -0.05) is 6.07 Å². The molecular weight excluding hydrogens is 348 g/mol. The van der Waals surface area contributed by atoms with Crippen LogP contribution in [0.2, 0.25) is 0 Å². The molecule has 144 valence electrons. The maximum atomic E-state index is 11.9. The van der Waals surface area contributed by atoms with Gasteiger partial charge in [0.15, 0.2) is 11.5 Å². The molecule has 1 saturated heterocycles. The number of aromatic nitrogens is 2. The molecule has 1 aromatic heterocycles. The summed E-state index contributed by atoms with van der Waals surface area (Å²) < 4.78 is 16.2. The lowest BCUT2D eigenvalue weighted by atomic mass is 10.2. The van der Waals surface area contributed by atoms with Crippen LogP contribution in [0, 0.1) is 6.92 Å². The lowest BCUT2D eigenvalue weighted by molar-refractivity contribution is -0.135. The third-order valence-corrected chi connectivity index (χ3v) is 4.39. The average molecular weight is 372 g/mol. The molecule has 1 aromatic carbocycles. The van der Waals surface area contributed by atoms with Crippen molar-refractivity contribution in [2.75, 3.05) is 51.9 Å². The third kappa shape index (κ3) is 4.65. The molecule has 3 rings (SSSR count). The molecule has 8 heteroatoms. The number of ether oxygens (including phenoxy) is 3. The van der Waals surface area contributed by atoms with Crippen molar-refractivity contribution < 1.29 is 19.0 Å². The first kappa shape index (κ1) is 18.9. The molecular formula is C19H24N4O4. The van der Waals surface area contributed by atoms with E-state index in [0.29, 0.717) is 43.6 Å². The topological polar surface area (TPSA) is 77.0 Å². The van der Waals surface area contributed by atoms with E-state index >= 15 is 0 Å². The predicted molar refractivity (Wildman–Crippen MR) is 101 cm³/mol. The Morgan fingerprint density at radius 1 is 1.07 bits per heavy atom. The van der Waals surface area contributed by atoms with Crippen LogP contribution in [0.3, 0.4) is 0 Å². The van der Waals surface area contributed by atoms with Crippen molar-refractivity contribution in [2.24, 2.45) is 0 Å². The molecule has 1 amide bonds. The third-order valence-electron chi connectivity index (χ3n) is 4.39. The minimum Gasteiger partial charge on any atom is -0.493 e. The lowest BCUT2D eigenvalue weighted by Crippen LogP contribution is -2.50. The van der Waals surface area contributed by atoms with E-state index in [1.807, 2.05) is 25.1 Å². The maximum Gasteiger partial charge on any atom is 0.248 e. The standard InChI is InChI=1S/C19H24N4O4/c1-14-4-5-15(16(10-14)26-3)27-18-11-17(20-13-21-18)22-6-8-23(9-7-22)19(24)12-25-2/h4-5,10-11,13H,6-9,12H2,1-3H3. The lowest BCUT2D eigenvalue weighted by Gasteiger charge is -2.35. The highest BCUT2D eigenvalue weighted by Crippen LogP contribution is 2.32. The van der Waals surface area contributed by atoms with Gasteiger partial charge in [-0.3, -0.25) is 4.79 Å². The molecule has 27 heavy (non-hydrogen) atoms. The van der Waals surface area contributed by atoms with Crippen molar-refractivity contribution in [2.45, 2.75) is 6.92 Å². The predicted octanol–water partition coefficient (Wildman–Crippen LogP) is 1.88. The first-order valence-electron chi connectivity index (χ1n) is 8.77. The number of hydrogen-bond acceptors (Lipinski definition) is 7. The summed E-state index contributed by atoms with van der Waals surface area (Å²) in [5, 5.41) is 0. The molecule has 0 aliphatic carbocycles. The van der Waals surface area contributed by atoms with Crippen LogP contribution in [0.5, 0.6) is 17.4 Å². The first-order chi connectivity index (χ1) is 13.1. The van der Waals surface area contributed by atoms with Crippen LogP contribution >= 0.6 is 0 Å². The summed E-state index contributed by atoms with van der Waals surface area (Å²) >= 11 is 0. The number of nitrogens with zero attached hydrogens (tertiary/aromatic N) is 4. The summed E-state index contributed by atoms with van der Waals surface area (Å²) in [6.07, 6.45) is 1.48. The Bertz CT molecular complexity index is 791. The summed E-state index contributed by atoms with van der Waals surface area (Å²) in [4.78, 5) is 24.4. The average Bonchev–Trinajstić information content (AvgIpc) is 2.70. The molecule has 0 bridgehead atoms. The summed E-state index contributed by atoms with van der Waals surface area (Å²) in [7, 11) is 3.14. The number of piperazine rings is 1. The van der Waals surface area contributed by atoms with Gasteiger partial charge in [0.05, 0.1) is 7.11 Å². The van der Waals surface area contributed by atoms with Crippen LogP contribution in [-0.4, -0.2) is 67.8 Å². The quantitative estimate of drug-likeness (QED) is 0.766. The number of hydrogen-bond donors (Lipinski definition) is 0. The second-order valence-electron chi connectivity index (χ2n) is 6.27. The van der Waals surface area contributed by atoms with Crippen LogP contribution in [0.25, 0.3) is 0 Å². The molecule has 0 atom stereocenters. The maximum absolute atomic E-state index is 11.9. The van der Waals surface area contributed by atoms with Gasteiger partial charge in [-0.2, -0.15) is 0 Å². The Morgan fingerprint density at radius 3 is 2.56 bits per heavy atom. The van der Waals surface area contributed by atoms with Gasteiger partial charge in [0, 0.05) is 39.4 Å². The fraction of sp³-hybridized carbons (Fsp3) is 0.421. The highest BCUT2D eigenvalue weighted by Gasteiger charge is 2.22. The van der Waals surface area contributed by atoms with Gasteiger partial charge < -0.3 is 24.0 Å². The van der Waals surface area contributed by atoms with E-state index in [0.717, 1.165) is 11.4 Å². The largest absolute Gasteiger partial charge is 0.493 e. The monoisotopic (exact) mass is 372 g/mol. The van der Waals surface area contributed by atoms with E-state index in [9.17, 15) is 4.79 Å². The highest BCUT2D eigenvalue weighted by molar-refractivity contribution is 5.77. The zero-order valence-corrected chi connectivity index (χ0v) is 15.8. The number of carbonyl (C=O) groups excluding carboxylic acids is 1. The number of rotatable bonds is 6. The SMILES string of the molecule is COCC(=O)N1CCN(c2cc(Oc3ccc(C)cc3OC)ncn2)CC1. The van der Waals surface area contributed by atoms with Gasteiger partial charge in [-0.25, -0.2) is 9.97 Å². The number of carbonyl (C=O) groups is 1. The van der Waals surface area contributed by atoms with Gasteiger partial charge in [-0.15, -0.1) is 0 Å². The molecule has 2 heterocycles. The van der Waals surface area contributed by atoms with Crippen molar-refractivity contribution in [3.05, 3.63) is 36.2 Å². The van der Waals surface area contributed by atoms with Crippen molar-refractivity contribution in [3.8, 4) is 17.4 Å². The van der Waals surface area contributed by atoms with Gasteiger partial charge in [0.25, 0.3) is 0 Å². The fourth-order valence-corrected chi connectivity index (χ4v) is 2.93. The zero-order chi connectivity index (χ0) is 19.2. The Kier molecular flexibility index (Phi) is 6.08. The minimum atomic E-state index is 0.00956. The van der Waals surface area contributed by atoms with E-state index in [4.69, 9.17) is 14.2 Å². The molecule has 2 aromatic rings. The fourth-order valence-electron chi connectivity index (χ4n) is 2.93. The molecule has 1 aliphatic heterocycles. The Morgan fingerprint density at radius 2 is 1.85 bits per heavy atom. The molecule has 0 saturated carbocycles. The van der Waals surface area contributed by atoms with Crippen LogP contribution in [-0.2, 0) is 9.53 Å². The van der Waals surface area contributed by atoms with Gasteiger partial charge in [0.2, 0.25) is 11.8 Å². The van der Waals surface area contributed by atoms with Crippen LogP contribution in [0.4, 0.5) is 5.82 Å². The molecule has 0 radical (unpaired) electrons. The normalized spacial score (nSPS) is 14.2. The van der Waals surface area contributed by atoms with Crippen molar-refractivity contribution >= 4 is 11.7 Å². The number of aryl methyl sites for hydroxylation is 1. The van der Waals surface area contributed by atoms with Crippen LogP contribution in [0.15, 0.2) is 30.6 Å². The number of anilines is 1. The van der Waals surface area contributed by atoms with Gasteiger partial charge in [0.1, 0.15) is 18.8 Å². The summed E-state index contributed by atoms with van der Waals surface area (Å²) in [6, 6.07) is 7.52. The number of benzene rings is 1. The van der Waals surface area contributed by atoms with Gasteiger partial charge in [-0.05, 0) is 24.6 Å². The second kappa shape index (κ2) is 8.68. The summed E-state index contributed by atoms with van der Waals surface area (Å²) in [6.45, 7) is 4.76. The van der Waals surface area contributed by atoms with E-state index in [2.05, 4.69) is 14.9 Å².